The lowest BCUT2D eigenvalue weighted by Gasteiger charge is -2.49. The highest BCUT2D eigenvalue weighted by Gasteiger charge is 2.51. The zero-order valence-corrected chi connectivity index (χ0v) is 69.0. The van der Waals surface area contributed by atoms with Gasteiger partial charge in [0.25, 0.3) is 6.71 Å². The number of aromatic nitrogens is 2. The molecule has 0 amide bonds. The van der Waals surface area contributed by atoms with Crippen molar-refractivity contribution in [2.24, 2.45) is 0 Å². The van der Waals surface area contributed by atoms with Crippen LogP contribution in [0.3, 0.4) is 0 Å². The summed E-state index contributed by atoms with van der Waals surface area (Å²) in [6.45, 7) is 10.4. The van der Waals surface area contributed by atoms with Gasteiger partial charge < -0.3 is 23.7 Å². The first-order valence-electron chi connectivity index (χ1n) is 49.6. The predicted molar refractivity (Wildman–Crippen MR) is 529 cm³/mol. The second-order valence-corrected chi connectivity index (χ2v) is 34.6. The van der Waals surface area contributed by atoms with Crippen LogP contribution in [0, 0.1) is 0 Å². The van der Waals surface area contributed by atoms with E-state index in [1.165, 1.54) is 0 Å². The van der Waals surface area contributed by atoms with Crippen LogP contribution in [0.2, 0.25) is 0 Å². The summed E-state index contributed by atoms with van der Waals surface area (Å²) in [5.74, 6) is 1.13. The highest BCUT2D eigenvalue weighted by Crippen LogP contribution is 2.62. The minimum absolute atomic E-state index is 0.0317. The first kappa shape index (κ1) is 59.3. The molecule has 588 valence electrons. The van der Waals surface area contributed by atoms with Gasteiger partial charge in [0, 0.05) is 94.8 Å². The van der Waals surface area contributed by atoms with E-state index in [2.05, 4.69) is 275 Å². The molecule has 0 atom stereocenters. The van der Waals surface area contributed by atoms with Gasteiger partial charge in [0.05, 0.1) is 58.3 Å². The van der Waals surface area contributed by atoms with E-state index in [1.54, 1.807) is 9.13 Å². The van der Waals surface area contributed by atoms with Crippen LogP contribution in [0.5, 0.6) is 11.5 Å². The van der Waals surface area contributed by atoms with Crippen molar-refractivity contribution in [1.29, 1.82) is 0 Å². The van der Waals surface area contributed by atoms with E-state index < -0.39 is 65.9 Å². The molecule has 5 heterocycles. The molecule has 0 saturated heterocycles. The Bertz CT molecular complexity index is 9200. The van der Waals surface area contributed by atoms with Crippen LogP contribution in [0.25, 0.3) is 165 Å². The number of hydrogen-bond donors (Lipinski definition) is 0. The van der Waals surface area contributed by atoms with Gasteiger partial charge in [-0.05, 0) is 182 Å². The van der Waals surface area contributed by atoms with Crippen LogP contribution in [0.1, 0.15) is 70.5 Å². The molecule has 0 fully saturated rings. The lowest BCUT2D eigenvalue weighted by Crippen LogP contribution is -2.62. The maximum atomic E-state index is 10.5. The van der Waals surface area contributed by atoms with Crippen molar-refractivity contribution in [1.82, 2.24) is 9.13 Å². The molecule has 5 nitrogen and oxygen atoms in total. The van der Waals surface area contributed by atoms with Crippen molar-refractivity contribution in [3.63, 3.8) is 0 Å². The van der Waals surface area contributed by atoms with Crippen LogP contribution in [-0.2, 0) is 10.8 Å². The highest BCUT2D eigenvalue weighted by atomic mass is 16.5. The molecule has 0 unspecified atom stereocenters. The predicted octanol–water partition coefficient (Wildman–Crippen LogP) is 30.3. The number of hydrogen-bond acceptors (Lipinski definition) is 3. The Kier molecular flexibility index (Phi) is 13.2. The molecule has 0 N–H and O–H groups in total. The van der Waals surface area contributed by atoms with Crippen molar-refractivity contribution in [3.05, 3.63) is 429 Å². The third kappa shape index (κ3) is 10.9. The number of anilines is 6. The molecule has 25 rings (SSSR count). The van der Waals surface area contributed by atoms with Gasteiger partial charge >= 0.3 is 0 Å². The Morgan fingerprint density at radius 2 is 0.736 bits per heavy atom. The summed E-state index contributed by atoms with van der Waals surface area (Å²) in [5, 5.41) is 8.72. The lowest BCUT2D eigenvalue weighted by atomic mass is 9.33. The number of nitrogens with zero attached hydrogens (tertiary/aromatic N) is 4. The molecule has 22 aromatic rings. The lowest BCUT2D eigenvalue weighted by molar-refractivity contribution is 0.419. The van der Waals surface area contributed by atoms with Gasteiger partial charge in [-0.2, -0.15) is 0 Å². The molecular weight excluding hydrogens is 1510 g/mol. The van der Waals surface area contributed by atoms with Crippen LogP contribution in [0.4, 0.5) is 34.1 Å². The summed E-state index contributed by atoms with van der Waals surface area (Å²) >= 11 is 0. The van der Waals surface area contributed by atoms with E-state index in [0.717, 1.165) is 138 Å². The number of para-hydroxylation sites is 4. The van der Waals surface area contributed by atoms with E-state index in [-0.39, 0.29) is 91.0 Å². The fourth-order valence-electron chi connectivity index (χ4n) is 20.9. The Labute approximate surface area is 746 Å². The molecule has 0 aliphatic carbocycles. The normalized spacial score (nSPS) is 14.8. The highest BCUT2D eigenvalue weighted by molar-refractivity contribution is 7.00. The first-order chi connectivity index (χ1) is 67.3. The summed E-state index contributed by atoms with van der Waals surface area (Å²) in [4.78, 5) is 4.84. The van der Waals surface area contributed by atoms with Gasteiger partial charge in [-0.25, -0.2) is 0 Å². The maximum Gasteiger partial charge on any atom is 0.252 e. The molecule has 0 bridgehead atoms. The van der Waals surface area contributed by atoms with Crippen LogP contribution in [-0.4, -0.2) is 15.8 Å². The molecule has 0 radical (unpaired) electrons. The Morgan fingerprint density at radius 1 is 0.304 bits per heavy atom. The van der Waals surface area contributed by atoms with E-state index in [1.807, 2.05) is 97.1 Å². The van der Waals surface area contributed by atoms with Gasteiger partial charge in [0.2, 0.25) is 0 Å². The maximum absolute atomic E-state index is 10.5. The standard InChI is InChI=1S/C119H83BN4O/c1-118(2,3)82-69-95(77-39-16-9-17-40-77)116(96(70-82)91-53-29-44-81-64-62-79-42-19-21-46-86(79)110(81)91)123-104-71-83(121-100-56-25-22-47-93(100)111-87(49-31-58-102(111)121)74-33-10-6-11-34-74)65-67-98(104)120-99-68-66-84(122-101-57-26-23-48-94(101)112-88(50-32-59-103(112)122)75-35-12-7-13-36-75)72-105(99)124(117-113-108(73-106(123)114(117)120)125-107-60-27-24-55-97(107)119(113,4)5)115-89(76-37-14-8-15-38-76)51-30-54-92(115)90-52-28-43-80-63-61-78-41-18-20-45-85(78)109(80)90/h6-73H,1-5H3/i22D,23D,25D,26D,31D,32D,47D,48D,49D,50D,56D,57D,58D,59D. The van der Waals surface area contributed by atoms with Crippen LogP contribution < -0.4 is 30.9 Å². The molecule has 3 aliphatic rings. The minimum Gasteiger partial charge on any atom is -0.457 e. The fraction of sp³-hybridized carbons (Fsp3) is 0.0588. The quantitative estimate of drug-likeness (QED) is 0.101. The van der Waals surface area contributed by atoms with E-state index in [0.29, 0.717) is 51.1 Å². The van der Waals surface area contributed by atoms with Crippen molar-refractivity contribution < 1.29 is 23.9 Å². The Hall–Kier alpha value is -15.5. The average molecular weight is 1610 g/mol. The summed E-state index contributed by atoms with van der Waals surface area (Å²) in [6.07, 6.45) is 0. The molecule has 6 heteroatoms. The minimum atomic E-state index is -0.987. The largest absolute Gasteiger partial charge is 0.457 e. The molecular formula is C119H83BN4O. The molecule has 3 aliphatic heterocycles. The van der Waals surface area contributed by atoms with Gasteiger partial charge in [0.15, 0.2) is 0 Å². The number of ether oxygens (including phenoxy) is 1. The zero-order chi connectivity index (χ0) is 95.3. The van der Waals surface area contributed by atoms with Crippen molar-refractivity contribution >= 4 is 144 Å². The molecule has 0 saturated carbocycles. The van der Waals surface area contributed by atoms with E-state index in [4.69, 9.17) is 4.74 Å². The molecule has 125 heavy (non-hydrogen) atoms. The molecule has 20 aromatic carbocycles. The fourth-order valence-corrected chi connectivity index (χ4v) is 20.9. The summed E-state index contributed by atoms with van der Waals surface area (Å²) in [7, 11) is 0. The monoisotopic (exact) mass is 1610 g/mol. The third-order valence-corrected chi connectivity index (χ3v) is 26.4. The molecule has 0 spiro atoms. The second-order valence-electron chi connectivity index (χ2n) is 34.6. The van der Waals surface area contributed by atoms with E-state index in [9.17, 15) is 19.2 Å². The summed E-state index contributed by atoms with van der Waals surface area (Å²) in [5.41, 5.74) is 17.1. The van der Waals surface area contributed by atoms with Crippen molar-refractivity contribution in [2.75, 3.05) is 9.80 Å². The van der Waals surface area contributed by atoms with Gasteiger partial charge in [-0.1, -0.05) is 374 Å². The molecule has 2 aromatic heterocycles. The Morgan fingerprint density at radius 3 is 1.30 bits per heavy atom. The van der Waals surface area contributed by atoms with Crippen molar-refractivity contribution in [3.8, 4) is 89.6 Å². The first-order valence-corrected chi connectivity index (χ1v) is 42.6. The summed E-state index contributed by atoms with van der Waals surface area (Å²) < 4.78 is 152. The average Bonchev–Trinajstić information content (AvgIpc) is 1.33. The number of rotatable bonds is 10. The van der Waals surface area contributed by atoms with Crippen LogP contribution in [0.15, 0.2) is 412 Å². The van der Waals surface area contributed by atoms with Gasteiger partial charge in [0.1, 0.15) is 11.5 Å². The van der Waals surface area contributed by atoms with Gasteiger partial charge in [-0.3, -0.25) is 0 Å². The SMILES string of the molecule is [2H]c1c([2H])c([2H])c2c(c1[2H])c1c(-c3ccccc3)c([2H])c([2H])c([2H])c1n2-c1ccc2c(c1)N(c1c(-c3ccccc3)cc(C(C)(C)C)cc1-c1cccc3ccc4ccccc4c13)c1cc3c(c4c1B2c1ccc(-n2c5c([2H])c([2H])c([2H])c([2H])c5c5c(-c6ccccc6)c([2H])c([2H])c([2H])c52)cc1N4c1c(-c2ccccc2)cccc1-c1cccc2ccc4ccccc4c12)C(C)(C)c1ccccc1O3. The Balaban J connectivity index is 0.918. The van der Waals surface area contributed by atoms with E-state index >= 15 is 0 Å². The second kappa shape index (κ2) is 27.8. The van der Waals surface area contributed by atoms with Crippen LogP contribution >= 0.6 is 0 Å². The number of fused-ring (bicyclic) bond motifs is 19. The number of benzene rings is 20. The van der Waals surface area contributed by atoms with Crippen molar-refractivity contribution in [2.45, 2.75) is 45.4 Å². The topological polar surface area (TPSA) is 25.6 Å². The summed E-state index contributed by atoms with van der Waals surface area (Å²) in [6, 6.07) is 106. The van der Waals surface area contributed by atoms with Gasteiger partial charge in [-0.15, -0.1) is 0 Å². The third-order valence-electron chi connectivity index (χ3n) is 26.4. The zero-order valence-electron chi connectivity index (χ0n) is 83.0. The smallest absolute Gasteiger partial charge is 0.252 e.